The zero-order valence-corrected chi connectivity index (χ0v) is 7.89. The summed E-state index contributed by atoms with van der Waals surface area (Å²) in [5.41, 5.74) is 4.92. The summed E-state index contributed by atoms with van der Waals surface area (Å²) in [6, 6.07) is 0. The van der Waals surface area contributed by atoms with Crippen molar-refractivity contribution in [1.29, 1.82) is 0 Å². The Bertz CT molecular complexity index is 175. The maximum absolute atomic E-state index is 12.8. The highest BCUT2D eigenvalue weighted by molar-refractivity contribution is 4.85. The molecule has 0 saturated carbocycles. The number of rotatable bonds is 6. The zero-order valence-electron chi connectivity index (χ0n) is 7.89. The van der Waals surface area contributed by atoms with Gasteiger partial charge in [-0.2, -0.15) is 0 Å². The predicted molar refractivity (Wildman–Crippen MR) is 49.6 cm³/mol. The Balaban J connectivity index is 3.91. The van der Waals surface area contributed by atoms with E-state index < -0.39 is 12.5 Å². The molecular formula is C9H16F2N2. The van der Waals surface area contributed by atoms with Crippen LogP contribution in [0.3, 0.4) is 0 Å². The van der Waals surface area contributed by atoms with Crippen molar-refractivity contribution in [3.05, 3.63) is 0 Å². The molecule has 0 spiro atoms. The summed E-state index contributed by atoms with van der Waals surface area (Å²) in [7, 11) is 0. The second-order valence-corrected chi connectivity index (χ2v) is 2.88. The summed E-state index contributed by atoms with van der Waals surface area (Å²) >= 11 is 0. The van der Waals surface area contributed by atoms with Crippen LogP contribution >= 0.6 is 0 Å². The van der Waals surface area contributed by atoms with E-state index in [1.807, 2.05) is 6.92 Å². The number of hydrogen-bond donors (Lipinski definition) is 1. The van der Waals surface area contributed by atoms with Gasteiger partial charge in [-0.3, -0.25) is 4.90 Å². The molecular weight excluding hydrogens is 174 g/mol. The number of halogens is 2. The maximum Gasteiger partial charge on any atom is 0.272 e. The van der Waals surface area contributed by atoms with E-state index in [9.17, 15) is 8.78 Å². The van der Waals surface area contributed by atoms with E-state index in [0.717, 1.165) is 0 Å². The van der Waals surface area contributed by atoms with E-state index in [4.69, 9.17) is 12.2 Å². The highest BCUT2D eigenvalue weighted by Gasteiger charge is 2.28. The quantitative estimate of drug-likeness (QED) is 0.631. The number of alkyl halides is 2. The van der Waals surface area contributed by atoms with Crippen molar-refractivity contribution in [1.82, 2.24) is 4.90 Å². The Labute approximate surface area is 78.1 Å². The van der Waals surface area contributed by atoms with E-state index in [-0.39, 0.29) is 6.54 Å². The van der Waals surface area contributed by atoms with Gasteiger partial charge in [-0.25, -0.2) is 8.78 Å². The van der Waals surface area contributed by atoms with Gasteiger partial charge in [0.2, 0.25) is 0 Å². The minimum atomic E-state index is -2.80. The van der Waals surface area contributed by atoms with Gasteiger partial charge >= 0.3 is 0 Å². The lowest BCUT2D eigenvalue weighted by Gasteiger charge is -2.24. The molecule has 0 saturated heterocycles. The molecule has 0 fully saturated rings. The summed E-state index contributed by atoms with van der Waals surface area (Å²) in [5, 5.41) is 0. The molecule has 0 aliphatic rings. The third kappa shape index (κ3) is 5.56. The van der Waals surface area contributed by atoms with Crippen molar-refractivity contribution in [2.45, 2.75) is 19.3 Å². The summed E-state index contributed by atoms with van der Waals surface area (Å²) < 4.78 is 25.6. The molecule has 0 aromatic heterocycles. The first kappa shape index (κ1) is 12.3. The lowest BCUT2D eigenvalue weighted by molar-refractivity contribution is -0.0218. The average molecular weight is 190 g/mol. The molecule has 4 heteroatoms. The standard InChI is InChI=1S/C9H16F2N2/c1-3-5-6-13(4-2)8-9(10,11)7-12/h1H,4-8,12H2,2H3. The molecule has 2 nitrogen and oxygen atoms in total. The minimum absolute atomic E-state index is 0.304. The molecule has 0 aliphatic heterocycles. The first-order valence-corrected chi connectivity index (χ1v) is 4.29. The van der Waals surface area contributed by atoms with Crippen molar-refractivity contribution in [2.24, 2.45) is 5.73 Å². The van der Waals surface area contributed by atoms with Crippen LogP contribution in [0.2, 0.25) is 0 Å². The third-order valence-corrected chi connectivity index (χ3v) is 1.77. The van der Waals surface area contributed by atoms with Crippen LogP contribution in [0.1, 0.15) is 13.3 Å². The molecule has 0 bridgehead atoms. The fourth-order valence-corrected chi connectivity index (χ4v) is 0.963. The Morgan fingerprint density at radius 1 is 1.54 bits per heavy atom. The maximum atomic E-state index is 12.8. The van der Waals surface area contributed by atoms with E-state index >= 15 is 0 Å². The van der Waals surface area contributed by atoms with Crippen LogP contribution in [0.15, 0.2) is 0 Å². The van der Waals surface area contributed by atoms with Gasteiger partial charge in [-0.1, -0.05) is 6.92 Å². The smallest absolute Gasteiger partial charge is 0.272 e. The molecule has 0 aromatic rings. The lowest BCUT2D eigenvalue weighted by atomic mass is 10.3. The minimum Gasteiger partial charge on any atom is -0.325 e. The van der Waals surface area contributed by atoms with Crippen molar-refractivity contribution in [2.75, 3.05) is 26.2 Å². The van der Waals surface area contributed by atoms with Crippen LogP contribution in [0, 0.1) is 12.3 Å². The molecule has 13 heavy (non-hydrogen) atoms. The van der Waals surface area contributed by atoms with Crippen molar-refractivity contribution in [3.63, 3.8) is 0 Å². The molecule has 0 atom stereocenters. The summed E-state index contributed by atoms with van der Waals surface area (Å²) in [4.78, 5) is 1.60. The van der Waals surface area contributed by atoms with Crippen LogP contribution < -0.4 is 5.73 Å². The van der Waals surface area contributed by atoms with Gasteiger partial charge in [0.1, 0.15) is 0 Å². The fourth-order valence-electron chi connectivity index (χ4n) is 0.963. The monoisotopic (exact) mass is 190 g/mol. The Hall–Kier alpha value is -0.660. The normalized spacial score (nSPS) is 11.7. The number of hydrogen-bond acceptors (Lipinski definition) is 2. The predicted octanol–water partition coefficient (Wildman–Crippen LogP) is 0.926. The number of nitrogens with two attached hydrogens (primary N) is 1. The molecule has 0 radical (unpaired) electrons. The highest BCUT2D eigenvalue weighted by atomic mass is 19.3. The van der Waals surface area contributed by atoms with Crippen LogP contribution in [-0.2, 0) is 0 Å². The molecule has 0 aliphatic carbocycles. The molecule has 0 unspecified atom stereocenters. The molecule has 0 amide bonds. The van der Waals surface area contributed by atoms with Gasteiger partial charge < -0.3 is 5.73 Å². The molecule has 0 rings (SSSR count). The zero-order chi connectivity index (χ0) is 10.3. The van der Waals surface area contributed by atoms with Crippen LogP contribution in [0.5, 0.6) is 0 Å². The summed E-state index contributed by atoms with van der Waals surface area (Å²) in [5.74, 6) is -0.383. The SMILES string of the molecule is C#CCCN(CC)CC(F)(F)CN. The van der Waals surface area contributed by atoms with Gasteiger partial charge in [-0.15, -0.1) is 12.3 Å². The second kappa shape index (κ2) is 5.90. The van der Waals surface area contributed by atoms with Gasteiger partial charge in [0, 0.05) is 13.0 Å². The van der Waals surface area contributed by atoms with E-state index in [0.29, 0.717) is 19.5 Å². The van der Waals surface area contributed by atoms with E-state index in [1.54, 1.807) is 4.90 Å². The lowest BCUT2D eigenvalue weighted by Crippen LogP contribution is -2.42. The first-order valence-electron chi connectivity index (χ1n) is 4.29. The van der Waals surface area contributed by atoms with Crippen molar-refractivity contribution in [3.8, 4) is 12.3 Å². The summed E-state index contributed by atoms with van der Waals surface area (Å²) in [6.45, 7) is 1.98. The Morgan fingerprint density at radius 3 is 2.54 bits per heavy atom. The van der Waals surface area contributed by atoms with Gasteiger partial charge in [-0.05, 0) is 6.54 Å². The van der Waals surface area contributed by atoms with Gasteiger partial charge in [0.25, 0.3) is 5.92 Å². The van der Waals surface area contributed by atoms with Gasteiger partial charge in [0.15, 0.2) is 0 Å². The fraction of sp³-hybridized carbons (Fsp3) is 0.778. The van der Waals surface area contributed by atoms with E-state index in [1.165, 1.54) is 0 Å². The summed E-state index contributed by atoms with van der Waals surface area (Å²) in [6.07, 6.45) is 5.53. The topological polar surface area (TPSA) is 29.3 Å². The van der Waals surface area contributed by atoms with E-state index in [2.05, 4.69) is 5.92 Å². The Morgan fingerprint density at radius 2 is 2.15 bits per heavy atom. The second-order valence-electron chi connectivity index (χ2n) is 2.88. The van der Waals surface area contributed by atoms with Crippen molar-refractivity contribution >= 4 is 0 Å². The molecule has 0 aromatic carbocycles. The third-order valence-electron chi connectivity index (χ3n) is 1.77. The van der Waals surface area contributed by atoms with Crippen LogP contribution in [0.4, 0.5) is 8.78 Å². The molecule has 76 valence electrons. The largest absolute Gasteiger partial charge is 0.325 e. The number of terminal acetylenes is 1. The number of nitrogens with zero attached hydrogens (tertiary/aromatic N) is 1. The molecule has 2 N–H and O–H groups in total. The molecule has 0 heterocycles. The highest BCUT2D eigenvalue weighted by Crippen LogP contribution is 2.13. The van der Waals surface area contributed by atoms with Gasteiger partial charge in [0.05, 0.1) is 13.1 Å². The average Bonchev–Trinajstić information content (AvgIpc) is 2.12. The first-order chi connectivity index (χ1) is 6.05. The Kier molecular flexibility index (Phi) is 5.60. The van der Waals surface area contributed by atoms with Crippen molar-refractivity contribution < 1.29 is 8.78 Å². The van der Waals surface area contributed by atoms with Crippen LogP contribution in [0.25, 0.3) is 0 Å². The van der Waals surface area contributed by atoms with Crippen LogP contribution in [-0.4, -0.2) is 37.0 Å².